The van der Waals surface area contributed by atoms with Crippen LogP contribution in [0.1, 0.15) is 81.4 Å². The highest BCUT2D eigenvalue weighted by Gasteiger charge is 2.54. The number of nitrogens with zero attached hydrogens (tertiary/aromatic N) is 1. The Labute approximate surface area is 260 Å². The first-order valence-electron chi connectivity index (χ1n) is 15.8. The molecule has 226 valence electrons. The molecule has 3 aromatic rings. The van der Waals surface area contributed by atoms with Gasteiger partial charge in [0.1, 0.15) is 5.75 Å². The molecule has 1 aliphatic heterocycles. The van der Waals surface area contributed by atoms with E-state index in [9.17, 15) is 9.90 Å². The van der Waals surface area contributed by atoms with Crippen molar-refractivity contribution >= 4 is 23.2 Å². The molecule has 4 fully saturated rings. The molecule has 5 nitrogen and oxygen atoms in total. The lowest BCUT2D eigenvalue weighted by atomic mass is 9.48. The summed E-state index contributed by atoms with van der Waals surface area (Å²) in [6.45, 7) is 6.05. The number of carbonyl (C=O) groups is 1. The molecule has 1 N–H and O–H groups in total. The van der Waals surface area contributed by atoms with Crippen LogP contribution in [0.2, 0.25) is 5.02 Å². The number of hydrogen-bond acceptors (Lipinski definition) is 4. The molecular formula is C37H42ClNO4. The summed E-state index contributed by atoms with van der Waals surface area (Å²) in [5.74, 6) is 3.90. The van der Waals surface area contributed by atoms with Crippen LogP contribution < -0.4 is 9.64 Å². The summed E-state index contributed by atoms with van der Waals surface area (Å²) < 4.78 is 12.3. The topological polar surface area (TPSA) is 59.0 Å². The highest BCUT2D eigenvalue weighted by molar-refractivity contribution is 6.30. The van der Waals surface area contributed by atoms with Gasteiger partial charge in [-0.25, -0.2) is 0 Å². The number of amides is 1. The molecule has 6 heteroatoms. The van der Waals surface area contributed by atoms with Crippen molar-refractivity contribution in [2.45, 2.75) is 76.7 Å². The molecule has 3 aromatic carbocycles. The van der Waals surface area contributed by atoms with Gasteiger partial charge in [-0.1, -0.05) is 41.9 Å². The molecule has 1 amide bonds. The smallest absolute Gasteiger partial charge is 0.233 e. The second-order valence-corrected chi connectivity index (χ2v) is 14.6. The van der Waals surface area contributed by atoms with Crippen LogP contribution >= 0.6 is 11.6 Å². The van der Waals surface area contributed by atoms with Gasteiger partial charge in [-0.2, -0.15) is 0 Å². The number of ether oxygens (including phenoxy) is 2. The van der Waals surface area contributed by atoms with Crippen molar-refractivity contribution in [3.05, 3.63) is 94.0 Å². The van der Waals surface area contributed by atoms with E-state index in [1.165, 1.54) is 32.1 Å². The maximum atomic E-state index is 13.9. The van der Waals surface area contributed by atoms with Gasteiger partial charge < -0.3 is 14.6 Å². The molecule has 0 aromatic heterocycles. The van der Waals surface area contributed by atoms with Gasteiger partial charge in [0, 0.05) is 16.3 Å². The minimum atomic E-state index is -0.900. The standard InChI is InChI=1S/C37H42ClNO4/c1-36(2,27-5-9-29(38)10-6-27)43-35-32-14-13-31(42-4)20-24(32)21-33(40)39(35)30-11-7-28(8-12-30)37(3,41)34-25-16-22-15-23(18-25)19-26(34)17-22/h5-14,20,22-23,25-26,34-35,41H,15-19,21H2,1-4H3/t22?,23?,25?,26?,34?,35-,37?/m0/s1. The molecule has 0 radical (unpaired) electrons. The Morgan fingerprint density at radius 1 is 0.837 bits per heavy atom. The molecule has 43 heavy (non-hydrogen) atoms. The fourth-order valence-electron chi connectivity index (χ4n) is 9.21. The molecule has 4 aliphatic carbocycles. The zero-order chi connectivity index (χ0) is 30.1. The van der Waals surface area contributed by atoms with Crippen molar-refractivity contribution in [2.24, 2.45) is 29.6 Å². The number of rotatable bonds is 7. The molecule has 0 saturated heterocycles. The van der Waals surface area contributed by atoms with Crippen LogP contribution in [0.5, 0.6) is 5.75 Å². The van der Waals surface area contributed by atoms with Gasteiger partial charge in [0.25, 0.3) is 0 Å². The van der Waals surface area contributed by atoms with Crippen molar-refractivity contribution in [2.75, 3.05) is 12.0 Å². The first kappa shape index (κ1) is 28.9. The predicted octanol–water partition coefficient (Wildman–Crippen LogP) is 8.17. The lowest BCUT2D eigenvalue weighted by Crippen LogP contribution is -2.52. The first-order valence-corrected chi connectivity index (χ1v) is 16.2. The highest BCUT2D eigenvalue weighted by Crippen LogP contribution is 2.60. The molecule has 8 rings (SSSR count). The maximum absolute atomic E-state index is 13.9. The fourth-order valence-corrected chi connectivity index (χ4v) is 9.34. The van der Waals surface area contributed by atoms with E-state index >= 15 is 0 Å². The molecule has 4 saturated carbocycles. The van der Waals surface area contributed by atoms with Crippen molar-refractivity contribution in [1.29, 1.82) is 0 Å². The lowest BCUT2D eigenvalue weighted by molar-refractivity contribution is -0.139. The minimum absolute atomic E-state index is 0.0433. The summed E-state index contributed by atoms with van der Waals surface area (Å²) in [7, 11) is 1.63. The van der Waals surface area contributed by atoms with E-state index in [-0.39, 0.29) is 12.3 Å². The summed E-state index contributed by atoms with van der Waals surface area (Å²) in [6.07, 6.45) is 6.06. The second kappa shape index (κ2) is 10.6. The van der Waals surface area contributed by atoms with Crippen molar-refractivity contribution < 1.29 is 19.4 Å². The lowest BCUT2D eigenvalue weighted by Gasteiger charge is -2.58. The summed E-state index contributed by atoms with van der Waals surface area (Å²) in [4.78, 5) is 15.6. The number of carbonyl (C=O) groups excluding carboxylic acids is 1. The number of halogens is 1. The SMILES string of the molecule is COc1ccc2c(c1)CC(=O)N(c1ccc(C(C)(O)C3C4CC5CC(C4)CC3C5)cc1)[C@H]2OC(C)(C)c1ccc(Cl)cc1. The van der Waals surface area contributed by atoms with Crippen LogP contribution in [0.4, 0.5) is 5.69 Å². The first-order chi connectivity index (χ1) is 20.5. The Morgan fingerprint density at radius 3 is 2.05 bits per heavy atom. The van der Waals surface area contributed by atoms with E-state index in [1.54, 1.807) is 12.0 Å². The number of aliphatic hydroxyl groups is 1. The molecule has 2 atom stereocenters. The van der Waals surface area contributed by atoms with Crippen molar-refractivity contribution in [3.63, 3.8) is 0 Å². The number of methoxy groups -OCH3 is 1. The molecule has 5 aliphatic rings. The number of benzene rings is 3. The van der Waals surface area contributed by atoms with Crippen LogP contribution in [0, 0.1) is 29.6 Å². The number of fused-ring (bicyclic) bond motifs is 1. The van der Waals surface area contributed by atoms with Crippen LogP contribution in [-0.2, 0) is 27.2 Å². The van der Waals surface area contributed by atoms with E-state index in [0.29, 0.717) is 28.5 Å². The van der Waals surface area contributed by atoms with Gasteiger partial charge in [0.15, 0.2) is 6.23 Å². The van der Waals surface area contributed by atoms with Gasteiger partial charge in [-0.05, 0) is 136 Å². The fraction of sp³-hybridized carbons (Fsp3) is 0.486. The predicted molar refractivity (Wildman–Crippen MR) is 169 cm³/mol. The number of anilines is 1. The van der Waals surface area contributed by atoms with E-state index in [4.69, 9.17) is 21.1 Å². The zero-order valence-electron chi connectivity index (χ0n) is 25.6. The largest absolute Gasteiger partial charge is 0.497 e. The third-order valence-electron chi connectivity index (χ3n) is 11.0. The van der Waals surface area contributed by atoms with Crippen LogP contribution in [0.3, 0.4) is 0 Å². The van der Waals surface area contributed by atoms with Crippen LogP contribution in [0.25, 0.3) is 0 Å². The van der Waals surface area contributed by atoms with Gasteiger partial charge in [0.05, 0.1) is 24.7 Å². The van der Waals surface area contributed by atoms with Crippen molar-refractivity contribution in [3.8, 4) is 5.75 Å². The van der Waals surface area contributed by atoms with Crippen LogP contribution in [0.15, 0.2) is 66.7 Å². The minimum Gasteiger partial charge on any atom is -0.497 e. The van der Waals surface area contributed by atoms with Crippen molar-refractivity contribution in [1.82, 2.24) is 0 Å². The maximum Gasteiger partial charge on any atom is 0.233 e. The zero-order valence-corrected chi connectivity index (χ0v) is 26.3. The van der Waals surface area contributed by atoms with Crippen LogP contribution in [-0.4, -0.2) is 18.1 Å². The summed E-state index contributed by atoms with van der Waals surface area (Å²) in [5.41, 5.74) is 2.88. The molecular weight excluding hydrogens is 558 g/mol. The van der Waals surface area contributed by atoms with E-state index in [1.807, 2.05) is 87.5 Å². The third kappa shape index (κ3) is 5.08. The van der Waals surface area contributed by atoms with Gasteiger partial charge in [-0.3, -0.25) is 9.69 Å². The third-order valence-corrected chi connectivity index (χ3v) is 11.3. The highest BCUT2D eigenvalue weighted by atomic mass is 35.5. The Hall–Kier alpha value is -2.86. The number of hydrogen-bond donors (Lipinski definition) is 1. The Morgan fingerprint density at radius 2 is 1.44 bits per heavy atom. The van der Waals surface area contributed by atoms with Gasteiger partial charge in [0.2, 0.25) is 5.91 Å². The Bertz CT molecular complexity index is 1480. The molecule has 0 spiro atoms. The summed E-state index contributed by atoms with van der Waals surface area (Å²) in [5, 5.41) is 12.7. The average molecular weight is 600 g/mol. The quantitative estimate of drug-likeness (QED) is 0.298. The Balaban J connectivity index is 1.22. The monoisotopic (exact) mass is 599 g/mol. The molecule has 1 unspecified atom stereocenters. The molecule has 1 heterocycles. The summed E-state index contributed by atoms with van der Waals surface area (Å²) >= 11 is 6.18. The van der Waals surface area contributed by atoms with E-state index < -0.39 is 17.4 Å². The second-order valence-electron chi connectivity index (χ2n) is 14.1. The van der Waals surface area contributed by atoms with E-state index in [0.717, 1.165) is 39.8 Å². The summed E-state index contributed by atoms with van der Waals surface area (Å²) in [6, 6.07) is 21.5. The normalized spacial score (nSPS) is 29.3. The van der Waals surface area contributed by atoms with E-state index in [2.05, 4.69) is 0 Å². The Kier molecular flexibility index (Phi) is 7.15. The van der Waals surface area contributed by atoms with Gasteiger partial charge in [-0.15, -0.1) is 0 Å². The molecule has 4 bridgehead atoms. The average Bonchev–Trinajstić information content (AvgIpc) is 2.96. The van der Waals surface area contributed by atoms with Gasteiger partial charge >= 0.3 is 0 Å².